The Hall–Kier alpha value is -3.11. The van der Waals surface area contributed by atoms with E-state index < -0.39 is 21.5 Å². The third-order valence-electron chi connectivity index (χ3n) is 5.41. The molecule has 0 radical (unpaired) electrons. The van der Waals surface area contributed by atoms with Crippen LogP contribution in [0.25, 0.3) is 0 Å². The minimum Gasteiger partial charge on any atom is -0.497 e. The molecule has 1 saturated heterocycles. The molecule has 1 fully saturated rings. The first kappa shape index (κ1) is 24.5. The molecule has 2 aromatic rings. The lowest BCUT2D eigenvalue weighted by Gasteiger charge is -2.25. The summed E-state index contributed by atoms with van der Waals surface area (Å²) in [5.74, 6) is 0.179. The van der Waals surface area contributed by atoms with Gasteiger partial charge in [-0.15, -0.1) is 0 Å². The summed E-state index contributed by atoms with van der Waals surface area (Å²) in [5, 5.41) is 2.70. The molecule has 1 heterocycles. The lowest BCUT2D eigenvalue weighted by Crippen LogP contribution is -2.52. The number of anilines is 1. The Kier molecular flexibility index (Phi) is 7.28. The van der Waals surface area contributed by atoms with Crippen molar-refractivity contribution in [3.8, 4) is 11.5 Å². The van der Waals surface area contributed by atoms with Gasteiger partial charge in [0.15, 0.2) is 0 Å². The van der Waals surface area contributed by atoms with E-state index in [2.05, 4.69) is 10.0 Å². The van der Waals surface area contributed by atoms with E-state index in [1.54, 1.807) is 23.1 Å². The van der Waals surface area contributed by atoms with Crippen molar-refractivity contribution in [1.82, 2.24) is 9.62 Å². The van der Waals surface area contributed by atoms with E-state index in [1.165, 1.54) is 52.3 Å². The zero-order valence-corrected chi connectivity index (χ0v) is 20.0. The first-order valence-electron chi connectivity index (χ1n) is 10.5. The molecule has 0 aliphatic carbocycles. The van der Waals surface area contributed by atoms with Crippen molar-refractivity contribution in [3.63, 3.8) is 0 Å². The molecule has 2 amide bonds. The molecule has 9 nitrogen and oxygen atoms in total. The predicted molar refractivity (Wildman–Crippen MR) is 124 cm³/mol. The van der Waals surface area contributed by atoms with Gasteiger partial charge in [-0.05, 0) is 69.2 Å². The number of carbonyl (C=O) groups is 2. The van der Waals surface area contributed by atoms with Crippen LogP contribution in [0.15, 0.2) is 47.4 Å². The Morgan fingerprint density at radius 3 is 2.18 bits per heavy atom. The fourth-order valence-electron chi connectivity index (χ4n) is 3.53. The number of nitrogens with one attached hydrogen (secondary N) is 2. The molecule has 0 unspecified atom stereocenters. The van der Waals surface area contributed by atoms with Crippen LogP contribution in [0.1, 0.15) is 37.0 Å². The number of likely N-dealkylation sites (tertiary alicyclic amines) is 1. The second kappa shape index (κ2) is 9.80. The van der Waals surface area contributed by atoms with Crippen molar-refractivity contribution < 1.29 is 27.5 Å². The Labute approximate surface area is 194 Å². The number of ether oxygens (including phenoxy) is 2. The van der Waals surface area contributed by atoms with Crippen LogP contribution in [0, 0.1) is 0 Å². The standard InChI is InChI=1S/C23H29N3O6S/c1-23(2,25-33(29,30)18-10-8-17(31-3)9-11-18)22(28)24-16-7-12-20(32-4)19(15-16)21(27)26-13-5-6-14-26/h7-12,15,25H,5-6,13-14H2,1-4H3,(H,24,28). The third kappa shape index (κ3) is 5.63. The first-order valence-corrected chi connectivity index (χ1v) is 12.0. The van der Waals surface area contributed by atoms with Gasteiger partial charge in [-0.3, -0.25) is 9.59 Å². The van der Waals surface area contributed by atoms with Crippen molar-refractivity contribution in [1.29, 1.82) is 0 Å². The largest absolute Gasteiger partial charge is 0.497 e. The third-order valence-corrected chi connectivity index (χ3v) is 7.08. The fourth-order valence-corrected chi connectivity index (χ4v) is 4.90. The van der Waals surface area contributed by atoms with Crippen molar-refractivity contribution in [3.05, 3.63) is 48.0 Å². The fraction of sp³-hybridized carbons (Fsp3) is 0.391. The van der Waals surface area contributed by atoms with E-state index in [-0.39, 0.29) is 10.8 Å². The maximum atomic E-state index is 13.0. The molecule has 0 aromatic heterocycles. The summed E-state index contributed by atoms with van der Waals surface area (Å²) in [6, 6.07) is 10.6. The quantitative estimate of drug-likeness (QED) is 0.607. The van der Waals surface area contributed by atoms with Gasteiger partial charge >= 0.3 is 0 Å². The summed E-state index contributed by atoms with van der Waals surface area (Å²) < 4.78 is 38.4. The summed E-state index contributed by atoms with van der Waals surface area (Å²) in [4.78, 5) is 27.6. The molecule has 0 atom stereocenters. The van der Waals surface area contributed by atoms with Gasteiger partial charge in [-0.1, -0.05) is 0 Å². The predicted octanol–water partition coefficient (Wildman–Crippen LogP) is 2.64. The van der Waals surface area contributed by atoms with Crippen molar-refractivity contribution in [2.75, 3.05) is 32.6 Å². The number of carbonyl (C=O) groups excluding carboxylic acids is 2. The van der Waals surface area contributed by atoms with Gasteiger partial charge in [0, 0.05) is 18.8 Å². The Morgan fingerprint density at radius 1 is 0.970 bits per heavy atom. The highest BCUT2D eigenvalue weighted by Gasteiger charge is 2.34. The highest BCUT2D eigenvalue weighted by Crippen LogP contribution is 2.26. The number of rotatable bonds is 8. The number of hydrogen-bond donors (Lipinski definition) is 2. The summed E-state index contributed by atoms with van der Waals surface area (Å²) >= 11 is 0. The van der Waals surface area contributed by atoms with E-state index >= 15 is 0 Å². The van der Waals surface area contributed by atoms with E-state index in [4.69, 9.17) is 9.47 Å². The van der Waals surface area contributed by atoms with Crippen LogP contribution in [0.3, 0.4) is 0 Å². The minimum absolute atomic E-state index is 0.00659. The lowest BCUT2D eigenvalue weighted by atomic mass is 10.1. The highest BCUT2D eigenvalue weighted by molar-refractivity contribution is 7.89. The molecule has 1 aliphatic heterocycles. The average molecular weight is 476 g/mol. The SMILES string of the molecule is COc1ccc(S(=O)(=O)NC(C)(C)C(=O)Nc2ccc(OC)c(C(=O)N3CCCC3)c2)cc1. The van der Waals surface area contributed by atoms with Crippen LogP contribution >= 0.6 is 0 Å². The van der Waals surface area contributed by atoms with Crippen LogP contribution in [-0.2, 0) is 14.8 Å². The Balaban J connectivity index is 1.77. The minimum atomic E-state index is -3.97. The van der Waals surface area contributed by atoms with E-state index in [1.807, 2.05) is 0 Å². The second-order valence-corrected chi connectivity index (χ2v) is 9.96. The lowest BCUT2D eigenvalue weighted by molar-refractivity contribution is -0.120. The first-order chi connectivity index (χ1) is 15.6. The molecule has 1 aliphatic rings. The molecule has 10 heteroatoms. The molecule has 0 bridgehead atoms. The van der Waals surface area contributed by atoms with Gasteiger partial charge in [0.05, 0.1) is 24.7 Å². The summed E-state index contributed by atoms with van der Waals surface area (Å²) in [6.45, 7) is 4.28. The van der Waals surface area contributed by atoms with Gasteiger partial charge in [0.1, 0.15) is 17.0 Å². The maximum absolute atomic E-state index is 13.0. The average Bonchev–Trinajstić information content (AvgIpc) is 3.33. The molecular formula is C23H29N3O6S. The summed E-state index contributed by atoms with van der Waals surface area (Å²) in [5.41, 5.74) is -0.772. The zero-order valence-electron chi connectivity index (χ0n) is 19.2. The number of amides is 2. The molecule has 0 saturated carbocycles. The topological polar surface area (TPSA) is 114 Å². The van der Waals surface area contributed by atoms with Gasteiger partial charge in [-0.2, -0.15) is 4.72 Å². The molecule has 2 N–H and O–H groups in total. The zero-order chi connectivity index (χ0) is 24.2. The van der Waals surface area contributed by atoms with Gasteiger partial charge < -0.3 is 19.7 Å². The van der Waals surface area contributed by atoms with Gasteiger partial charge in [-0.25, -0.2) is 8.42 Å². The van der Waals surface area contributed by atoms with E-state index in [0.29, 0.717) is 35.8 Å². The Bertz CT molecular complexity index is 1120. The molecule has 3 rings (SSSR count). The molecule has 33 heavy (non-hydrogen) atoms. The van der Waals surface area contributed by atoms with Crippen LogP contribution in [0.5, 0.6) is 11.5 Å². The number of hydrogen-bond acceptors (Lipinski definition) is 6. The summed E-state index contributed by atoms with van der Waals surface area (Å²) in [6.07, 6.45) is 1.90. The van der Waals surface area contributed by atoms with Crippen molar-refractivity contribution in [2.24, 2.45) is 0 Å². The molecular weight excluding hydrogens is 446 g/mol. The van der Waals surface area contributed by atoms with Crippen LogP contribution in [-0.4, -0.2) is 58.0 Å². The summed E-state index contributed by atoms with van der Waals surface area (Å²) in [7, 11) is -1.01. The number of benzene rings is 2. The van der Waals surface area contributed by atoms with Crippen LogP contribution in [0.4, 0.5) is 5.69 Å². The number of methoxy groups -OCH3 is 2. The monoisotopic (exact) mass is 475 g/mol. The number of nitrogens with zero attached hydrogens (tertiary/aromatic N) is 1. The van der Waals surface area contributed by atoms with Crippen LogP contribution < -0.4 is 19.5 Å². The van der Waals surface area contributed by atoms with Gasteiger partial charge in [0.2, 0.25) is 15.9 Å². The normalized spacial score (nSPS) is 14.1. The molecule has 0 spiro atoms. The van der Waals surface area contributed by atoms with E-state index in [0.717, 1.165) is 12.8 Å². The van der Waals surface area contributed by atoms with Crippen LogP contribution in [0.2, 0.25) is 0 Å². The maximum Gasteiger partial charge on any atom is 0.257 e. The molecule has 2 aromatic carbocycles. The number of sulfonamides is 1. The van der Waals surface area contributed by atoms with E-state index in [9.17, 15) is 18.0 Å². The molecule has 178 valence electrons. The van der Waals surface area contributed by atoms with Crippen molar-refractivity contribution in [2.45, 2.75) is 37.1 Å². The highest BCUT2D eigenvalue weighted by atomic mass is 32.2. The smallest absolute Gasteiger partial charge is 0.257 e. The second-order valence-electron chi connectivity index (χ2n) is 8.27. The Morgan fingerprint density at radius 2 is 1.61 bits per heavy atom. The van der Waals surface area contributed by atoms with Crippen molar-refractivity contribution >= 4 is 27.5 Å². The van der Waals surface area contributed by atoms with Gasteiger partial charge in [0.25, 0.3) is 5.91 Å².